The van der Waals surface area contributed by atoms with E-state index in [1.807, 2.05) is 0 Å². The van der Waals surface area contributed by atoms with Crippen molar-refractivity contribution >= 4 is 7.12 Å². The summed E-state index contributed by atoms with van der Waals surface area (Å²) in [5.41, 5.74) is 0.847. The highest BCUT2D eigenvalue weighted by atomic mass is 16.7. The molecule has 4 heteroatoms. The summed E-state index contributed by atoms with van der Waals surface area (Å²) in [4.78, 5) is 0. The number of hydrogen-bond donors (Lipinski definition) is 1. The van der Waals surface area contributed by atoms with Gasteiger partial charge in [0.1, 0.15) is 0 Å². The van der Waals surface area contributed by atoms with Crippen LogP contribution in [-0.4, -0.2) is 31.4 Å². The second-order valence-corrected chi connectivity index (χ2v) is 5.67. The average molecular weight is 223 g/mol. The van der Waals surface area contributed by atoms with Crippen molar-refractivity contribution in [3.63, 3.8) is 0 Å². The molecule has 0 aromatic heterocycles. The van der Waals surface area contributed by atoms with Crippen LogP contribution in [0.5, 0.6) is 0 Å². The lowest BCUT2D eigenvalue weighted by Crippen LogP contribution is -2.41. The summed E-state index contributed by atoms with van der Waals surface area (Å²) in [7, 11) is -0.148. The molecule has 0 spiro atoms. The Morgan fingerprint density at radius 3 is 2.44 bits per heavy atom. The number of nitrogens with one attached hydrogen (secondary N) is 1. The molecule has 2 heterocycles. The van der Waals surface area contributed by atoms with Crippen molar-refractivity contribution in [2.75, 3.05) is 13.1 Å². The van der Waals surface area contributed by atoms with E-state index in [1.54, 1.807) is 0 Å². The smallest absolute Gasteiger partial charge is 0.400 e. The molecule has 1 N–H and O–H groups in total. The molecule has 1 fully saturated rings. The molecule has 3 nitrogen and oxygen atoms in total. The Balaban J connectivity index is 2.10. The molecule has 0 aliphatic carbocycles. The molecule has 0 amide bonds. The molecule has 1 saturated heterocycles. The van der Waals surface area contributed by atoms with Crippen LogP contribution in [0.1, 0.15) is 40.5 Å². The standard InChI is InChI=1S/C12H22BNO2/c1-11(2)12(3,4)16-13(15-11)10-6-5-8-14-9-7-10/h7,14H,5-6,8-9H2,1-4H3. The lowest BCUT2D eigenvalue weighted by atomic mass is 9.75. The van der Waals surface area contributed by atoms with Gasteiger partial charge in [-0.15, -0.1) is 0 Å². The van der Waals surface area contributed by atoms with E-state index in [9.17, 15) is 0 Å². The van der Waals surface area contributed by atoms with Crippen LogP contribution in [0, 0.1) is 0 Å². The Morgan fingerprint density at radius 1 is 1.19 bits per heavy atom. The molecule has 0 bridgehead atoms. The number of allylic oxidation sites excluding steroid dienone is 1. The fourth-order valence-corrected chi connectivity index (χ4v) is 2.03. The molecule has 2 rings (SSSR count). The number of hydrogen-bond acceptors (Lipinski definition) is 3. The van der Waals surface area contributed by atoms with Crippen LogP contribution in [0.25, 0.3) is 0 Å². The van der Waals surface area contributed by atoms with Crippen LogP contribution in [0.2, 0.25) is 0 Å². The van der Waals surface area contributed by atoms with Crippen LogP contribution >= 0.6 is 0 Å². The van der Waals surface area contributed by atoms with E-state index in [0.717, 1.165) is 25.9 Å². The summed E-state index contributed by atoms with van der Waals surface area (Å²) in [5, 5.41) is 3.35. The highest BCUT2D eigenvalue weighted by molar-refractivity contribution is 6.54. The van der Waals surface area contributed by atoms with Crippen molar-refractivity contribution in [3.8, 4) is 0 Å². The molecule has 16 heavy (non-hydrogen) atoms. The molecule has 0 aromatic carbocycles. The molecule has 2 aliphatic rings. The van der Waals surface area contributed by atoms with E-state index >= 15 is 0 Å². The summed E-state index contributed by atoms with van der Waals surface area (Å²) < 4.78 is 12.1. The highest BCUT2D eigenvalue weighted by Gasteiger charge is 2.52. The Labute approximate surface area is 98.7 Å². The first-order chi connectivity index (χ1) is 7.42. The first-order valence-electron chi connectivity index (χ1n) is 6.18. The maximum absolute atomic E-state index is 6.04. The van der Waals surface area contributed by atoms with Crippen molar-refractivity contribution in [2.24, 2.45) is 0 Å². The molecule has 0 unspecified atom stereocenters. The minimum Gasteiger partial charge on any atom is -0.400 e. The quantitative estimate of drug-likeness (QED) is 0.689. The van der Waals surface area contributed by atoms with E-state index in [2.05, 4.69) is 39.1 Å². The summed E-state index contributed by atoms with van der Waals surface area (Å²) in [6.07, 6.45) is 4.45. The van der Waals surface area contributed by atoms with Gasteiger partial charge in [-0.2, -0.15) is 0 Å². The van der Waals surface area contributed by atoms with Gasteiger partial charge in [-0.1, -0.05) is 6.08 Å². The van der Waals surface area contributed by atoms with E-state index in [1.165, 1.54) is 5.47 Å². The molecule has 0 aromatic rings. The van der Waals surface area contributed by atoms with Crippen molar-refractivity contribution in [1.29, 1.82) is 0 Å². The van der Waals surface area contributed by atoms with Crippen LogP contribution in [0.4, 0.5) is 0 Å². The normalized spacial score (nSPS) is 28.8. The topological polar surface area (TPSA) is 30.5 Å². The lowest BCUT2D eigenvalue weighted by Gasteiger charge is -2.32. The SMILES string of the molecule is CC1(C)OB(C2=CCNCCC2)OC1(C)C. The average Bonchev–Trinajstić information content (AvgIpc) is 2.42. The first-order valence-corrected chi connectivity index (χ1v) is 6.18. The van der Waals surface area contributed by atoms with Crippen molar-refractivity contribution < 1.29 is 9.31 Å². The predicted molar refractivity (Wildman–Crippen MR) is 66.3 cm³/mol. The lowest BCUT2D eigenvalue weighted by molar-refractivity contribution is 0.00578. The van der Waals surface area contributed by atoms with Crippen molar-refractivity contribution in [3.05, 3.63) is 11.5 Å². The van der Waals surface area contributed by atoms with Gasteiger partial charge in [0.15, 0.2) is 0 Å². The first kappa shape index (κ1) is 12.2. The maximum atomic E-state index is 6.04. The van der Waals surface area contributed by atoms with Crippen LogP contribution in [0.3, 0.4) is 0 Å². The van der Waals surface area contributed by atoms with E-state index in [-0.39, 0.29) is 18.3 Å². The summed E-state index contributed by atoms with van der Waals surface area (Å²) in [6.45, 7) is 10.4. The van der Waals surface area contributed by atoms with E-state index in [0.29, 0.717) is 0 Å². The van der Waals surface area contributed by atoms with Crippen molar-refractivity contribution in [1.82, 2.24) is 5.32 Å². The van der Waals surface area contributed by atoms with Gasteiger partial charge in [0.25, 0.3) is 0 Å². The monoisotopic (exact) mass is 223 g/mol. The maximum Gasteiger partial charge on any atom is 0.490 e. The van der Waals surface area contributed by atoms with Crippen LogP contribution in [0.15, 0.2) is 11.5 Å². The van der Waals surface area contributed by atoms with E-state index in [4.69, 9.17) is 9.31 Å². The molecule has 2 aliphatic heterocycles. The minimum atomic E-state index is -0.224. The summed E-state index contributed by atoms with van der Waals surface area (Å²) in [6, 6.07) is 0. The Bertz CT molecular complexity index is 283. The Morgan fingerprint density at radius 2 is 1.81 bits per heavy atom. The molecule has 0 saturated carbocycles. The van der Waals surface area contributed by atoms with Gasteiger partial charge >= 0.3 is 7.12 Å². The van der Waals surface area contributed by atoms with Gasteiger partial charge < -0.3 is 14.6 Å². The summed E-state index contributed by atoms with van der Waals surface area (Å²) >= 11 is 0. The third kappa shape index (κ3) is 2.19. The molecule has 90 valence electrons. The molecule has 0 atom stereocenters. The third-order valence-electron chi connectivity index (χ3n) is 3.88. The highest BCUT2D eigenvalue weighted by Crippen LogP contribution is 2.39. The van der Waals surface area contributed by atoms with Gasteiger partial charge in [-0.05, 0) is 52.6 Å². The molecular weight excluding hydrogens is 201 g/mol. The predicted octanol–water partition coefficient (Wildman–Crippen LogP) is 1.93. The Hall–Kier alpha value is -0.315. The van der Waals surface area contributed by atoms with Crippen LogP contribution < -0.4 is 5.32 Å². The Kier molecular flexibility index (Phi) is 3.17. The van der Waals surface area contributed by atoms with Gasteiger partial charge in [0, 0.05) is 6.54 Å². The molecule has 0 radical (unpaired) electrons. The van der Waals surface area contributed by atoms with Gasteiger partial charge in [0.05, 0.1) is 11.2 Å². The zero-order chi connectivity index (χ0) is 11.8. The van der Waals surface area contributed by atoms with Crippen LogP contribution in [-0.2, 0) is 9.31 Å². The zero-order valence-electron chi connectivity index (χ0n) is 10.8. The largest absolute Gasteiger partial charge is 0.490 e. The summed E-state index contributed by atoms with van der Waals surface area (Å²) in [5.74, 6) is 0. The van der Waals surface area contributed by atoms with Gasteiger partial charge in [-0.3, -0.25) is 0 Å². The second kappa shape index (κ2) is 4.17. The molecular formula is C12H22BNO2. The van der Waals surface area contributed by atoms with Crippen molar-refractivity contribution in [2.45, 2.75) is 51.7 Å². The third-order valence-corrected chi connectivity index (χ3v) is 3.88. The van der Waals surface area contributed by atoms with Gasteiger partial charge in [-0.25, -0.2) is 0 Å². The minimum absolute atomic E-state index is 0.148. The van der Waals surface area contributed by atoms with Gasteiger partial charge in [0.2, 0.25) is 0 Å². The fraction of sp³-hybridized carbons (Fsp3) is 0.833. The second-order valence-electron chi connectivity index (χ2n) is 5.67. The number of rotatable bonds is 1. The van der Waals surface area contributed by atoms with E-state index < -0.39 is 0 Å². The fourth-order valence-electron chi connectivity index (χ4n) is 2.03. The zero-order valence-corrected chi connectivity index (χ0v) is 10.8.